The average Bonchev–Trinajstić information content (AvgIpc) is 3.22. The van der Waals surface area contributed by atoms with Gasteiger partial charge in [0.25, 0.3) is 0 Å². The summed E-state index contributed by atoms with van der Waals surface area (Å²) in [7, 11) is 1.67. The summed E-state index contributed by atoms with van der Waals surface area (Å²) in [5, 5.41) is 9.95. The highest BCUT2D eigenvalue weighted by molar-refractivity contribution is 7.15. The zero-order valence-electron chi connectivity index (χ0n) is 19.7. The summed E-state index contributed by atoms with van der Waals surface area (Å²) in [6, 6.07) is 1.37. The summed E-state index contributed by atoms with van der Waals surface area (Å²) >= 11 is 0.870. The van der Waals surface area contributed by atoms with Crippen LogP contribution in [-0.4, -0.2) is 42.4 Å². The minimum absolute atomic E-state index is 0.0343. The van der Waals surface area contributed by atoms with E-state index in [2.05, 4.69) is 6.92 Å². The average molecular weight is 484 g/mol. The van der Waals surface area contributed by atoms with Gasteiger partial charge in [-0.3, -0.25) is 4.79 Å². The fourth-order valence-electron chi connectivity index (χ4n) is 4.93. The number of nitrogens with zero attached hydrogens (tertiary/aromatic N) is 1. The normalized spacial score (nSPS) is 24.6. The van der Waals surface area contributed by atoms with Crippen molar-refractivity contribution in [3.05, 3.63) is 21.6 Å². The molecule has 0 aliphatic heterocycles. The van der Waals surface area contributed by atoms with Gasteiger partial charge in [0.1, 0.15) is 16.9 Å². The Kier molecular flexibility index (Phi) is 9.04. The van der Waals surface area contributed by atoms with E-state index in [-0.39, 0.29) is 57.8 Å². The van der Waals surface area contributed by atoms with Crippen molar-refractivity contribution < 1.29 is 28.2 Å². The van der Waals surface area contributed by atoms with Crippen LogP contribution in [0.1, 0.15) is 92.6 Å². The minimum atomic E-state index is -1.46. The number of halogens is 2. The van der Waals surface area contributed by atoms with Crippen LogP contribution in [-0.2, 0) is 9.53 Å². The van der Waals surface area contributed by atoms with Crippen LogP contribution in [0.2, 0.25) is 0 Å². The lowest BCUT2D eigenvalue weighted by Gasteiger charge is -2.37. The molecule has 5 nitrogen and oxygen atoms in total. The van der Waals surface area contributed by atoms with Crippen LogP contribution in [0.25, 0.3) is 5.57 Å². The largest absolute Gasteiger partial charge is 0.477 e. The number of carboxylic acids is 1. The van der Waals surface area contributed by atoms with Crippen LogP contribution in [0.3, 0.4) is 0 Å². The molecular weight excluding hydrogens is 448 g/mol. The van der Waals surface area contributed by atoms with Gasteiger partial charge in [0.05, 0.1) is 11.8 Å². The second kappa shape index (κ2) is 11.6. The molecule has 1 aromatic heterocycles. The first kappa shape index (κ1) is 25.8. The Morgan fingerprint density at radius 3 is 2.55 bits per heavy atom. The van der Waals surface area contributed by atoms with E-state index in [1.807, 2.05) is 6.92 Å². The van der Waals surface area contributed by atoms with Crippen molar-refractivity contribution in [1.29, 1.82) is 0 Å². The molecule has 0 bridgehead atoms. The van der Waals surface area contributed by atoms with Gasteiger partial charge in [-0.1, -0.05) is 26.7 Å². The van der Waals surface area contributed by atoms with E-state index in [1.54, 1.807) is 12.0 Å². The van der Waals surface area contributed by atoms with Crippen molar-refractivity contribution in [1.82, 2.24) is 0 Å². The van der Waals surface area contributed by atoms with Crippen LogP contribution in [0.4, 0.5) is 14.5 Å². The molecule has 184 valence electrons. The van der Waals surface area contributed by atoms with Gasteiger partial charge >= 0.3 is 5.97 Å². The number of hydrogen-bond donors (Lipinski definition) is 1. The number of alkyl halides is 1. The summed E-state index contributed by atoms with van der Waals surface area (Å²) in [5.41, 5.74) is 0.226. The Labute approximate surface area is 198 Å². The van der Waals surface area contributed by atoms with Gasteiger partial charge in [-0.05, 0) is 57.4 Å². The zero-order chi connectivity index (χ0) is 24.1. The Hall–Kier alpha value is -1.80. The Balaban J connectivity index is 2.04. The van der Waals surface area contributed by atoms with E-state index >= 15 is 0 Å². The standard InChI is InChI=1S/C25H35F2NO4S/c1-4-5-7-15(2)24(29)28(16-10-12-17(32-3)13-11-16)20-14-21(33-23(20)25(30)31)22-18(26)8-6-9-19(22)27/h14-18H,4-13H2,1-3H3,(H,30,31). The number of methoxy groups -OCH3 is 1. The maximum atomic E-state index is 14.7. The molecule has 1 fully saturated rings. The van der Waals surface area contributed by atoms with E-state index in [1.165, 1.54) is 6.07 Å². The van der Waals surface area contributed by atoms with Crippen molar-refractivity contribution in [3.63, 3.8) is 0 Å². The predicted molar refractivity (Wildman–Crippen MR) is 127 cm³/mol. The third-order valence-corrected chi connectivity index (χ3v) is 8.03. The summed E-state index contributed by atoms with van der Waals surface area (Å²) in [5.74, 6) is -2.09. The summed E-state index contributed by atoms with van der Waals surface area (Å²) in [4.78, 5) is 27.7. The SMILES string of the molecule is CCCCC(C)C(=O)N(c1cc(C2=C(F)CCCC2F)sc1C(=O)O)C1CCC(OC)CC1. The highest BCUT2D eigenvalue weighted by Crippen LogP contribution is 2.43. The quantitative estimate of drug-likeness (QED) is 0.421. The number of hydrogen-bond acceptors (Lipinski definition) is 4. The summed E-state index contributed by atoms with van der Waals surface area (Å²) in [6.45, 7) is 3.94. The molecule has 1 N–H and O–H groups in total. The van der Waals surface area contributed by atoms with E-state index in [0.717, 1.165) is 37.0 Å². The highest BCUT2D eigenvalue weighted by Gasteiger charge is 2.36. The third-order valence-electron chi connectivity index (χ3n) is 6.88. The van der Waals surface area contributed by atoms with Crippen LogP contribution in [0, 0.1) is 5.92 Å². The second-order valence-electron chi connectivity index (χ2n) is 9.23. The Morgan fingerprint density at radius 2 is 1.97 bits per heavy atom. The topological polar surface area (TPSA) is 66.8 Å². The minimum Gasteiger partial charge on any atom is -0.477 e. The van der Waals surface area contributed by atoms with E-state index in [0.29, 0.717) is 25.7 Å². The molecule has 8 heteroatoms. The molecule has 1 aromatic rings. The second-order valence-corrected chi connectivity index (χ2v) is 10.3. The Bertz CT molecular complexity index is 876. The fraction of sp³-hybridized carbons (Fsp3) is 0.680. The first-order valence-corrected chi connectivity index (χ1v) is 12.9. The first-order valence-electron chi connectivity index (χ1n) is 12.0. The van der Waals surface area contributed by atoms with Gasteiger partial charge in [0, 0.05) is 29.5 Å². The van der Waals surface area contributed by atoms with E-state index < -0.39 is 18.0 Å². The summed E-state index contributed by atoms with van der Waals surface area (Å²) < 4.78 is 34.7. The molecule has 3 rings (SSSR count). The van der Waals surface area contributed by atoms with E-state index in [4.69, 9.17) is 4.74 Å². The molecule has 0 spiro atoms. The number of carboxylic acid groups (broad SMARTS) is 1. The van der Waals surface area contributed by atoms with Gasteiger partial charge in [-0.15, -0.1) is 11.3 Å². The first-order chi connectivity index (χ1) is 15.8. The predicted octanol–water partition coefficient (Wildman–Crippen LogP) is 6.77. The molecule has 1 saturated carbocycles. The molecular formula is C25H35F2NO4S. The van der Waals surface area contributed by atoms with E-state index in [9.17, 15) is 23.5 Å². The molecule has 1 amide bonds. The van der Waals surface area contributed by atoms with Crippen LogP contribution in [0.5, 0.6) is 0 Å². The molecule has 2 atom stereocenters. The number of allylic oxidation sites excluding steroid dienone is 2. The number of unbranched alkanes of at least 4 members (excludes halogenated alkanes) is 1. The highest BCUT2D eigenvalue weighted by atomic mass is 32.1. The van der Waals surface area contributed by atoms with Crippen molar-refractivity contribution in [2.24, 2.45) is 5.92 Å². The number of aromatic carboxylic acids is 1. The Morgan fingerprint density at radius 1 is 1.27 bits per heavy atom. The van der Waals surface area contributed by atoms with Crippen molar-refractivity contribution in [2.75, 3.05) is 12.0 Å². The van der Waals surface area contributed by atoms with Gasteiger partial charge in [0.15, 0.2) is 0 Å². The van der Waals surface area contributed by atoms with Crippen LogP contribution < -0.4 is 4.90 Å². The smallest absolute Gasteiger partial charge is 0.348 e. The maximum absolute atomic E-state index is 14.7. The number of carbonyl (C=O) groups excluding carboxylic acids is 1. The molecule has 0 radical (unpaired) electrons. The lowest BCUT2D eigenvalue weighted by atomic mass is 9.90. The van der Waals surface area contributed by atoms with Gasteiger partial charge < -0.3 is 14.7 Å². The van der Waals surface area contributed by atoms with Crippen molar-refractivity contribution >= 4 is 34.5 Å². The molecule has 0 saturated heterocycles. The number of amides is 1. The number of ether oxygens (including phenoxy) is 1. The third kappa shape index (κ3) is 5.83. The number of thiophene rings is 1. The van der Waals surface area contributed by atoms with Crippen LogP contribution >= 0.6 is 11.3 Å². The molecule has 0 aromatic carbocycles. The zero-order valence-corrected chi connectivity index (χ0v) is 20.6. The van der Waals surface area contributed by atoms with Crippen molar-refractivity contribution in [2.45, 2.75) is 96.4 Å². The maximum Gasteiger partial charge on any atom is 0.348 e. The van der Waals surface area contributed by atoms with Gasteiger partial charge in [-0.25, -0.2) is 13.6 Å². The number of carbonyl (C=O) groups is 2. The van der Waals surface area contributed by atoms with Gasteiger partial charge in [-0.2, -0.15) is 0 Å². The summed E-state index contributed by atoms with van der Waals surface area (Å²) in [6.07, 6.45) is 4.99. The molecule has 33 heavy (non-hydrogen) atoms. The van der Waals surface area contributed by atoms with Gasteiger partial charge in [0.2, 0.25) is 5.91 Å². The fourth-order valence-corrected chi connectivity index (χ4v) is 6.01. The molecule has 2 unspecified atom stereocenters. The monoisotopic (exact) mass is 483 g/mol. The van der Waals surface area contributed by atoms with Crippen molar-refractivity contribution in [3.8, 4) is 0 Å². The molecule has 2 aliphatic carbocycles. The lowest BCUT2D eigenvalue weighted by Crippen LogP contribution is -2.46. The lowest BCUT2D eigenvalue weighted by molar-refractivity contribution is -0.122. The number of rotatable bonds is 9. The van der Waals surface area contributed by atoms with Crippen LogP contribution in [0.15, 0.2) is 11.9 Å². The number of anilines is 1. The molecule has 1 heterocycles. The molecule has 2 aliphatic rings.